The van der Waals surface area contributed by atoms with E-state index in [1.54, 1.807) is 48.1 Å². The monoisotopic (exact) mass is 461 g/mol. The zero-order valence-electron chi connectivity index (χ0n) is 16.3. The van der Waals surface area contributed by atoms with Crippen LogP contribution in [-0.4, -0.2) is 29.2 Å². The van der Waals surface area contributed by atoms with Crippen molar-refractivity contribution in [2.45, 2.75) is 20.4 Å². The number of nitrogens with one attached hydrogen (secondary N) is 1. The van der Waals surface area contributed by atoms with Gasteiger partial charge in [-0.15, -0.1) is 0 Å². The predicted molar refractivity (Wildman–Crippen MR) is 111 cm³/mol. The van der Waals surface area contributed by atoms with Gasteiger partial charge in [-0.3, -0.25) is 4.79 Å². The summed E-state index contributed by atoms with van der Waals surface area (Å²) in [7, 11) is 1.51. The van der Waals surface area contributed by atoms with E-state index in [1.807, 2.05) is 6.92 Å². The summed E-state index contributed by atoms with van der Waals surface area (Å²) in [6.07, 6.45) is 3.32. The number of methoxy groups -OCH3 is 1. The lowest BCUT2D eigenvalue weighted by atomic mass is 10.1. The van der Waals surface area contributed by atoms with Crippen LogP contribution in [0.4, 0.5) is 4.39 Å². The van der Waals surface area contributed by atoms with Gasteiger partial charge in [0.2, 0.25) is 0 Å². The zero-order valence-corrected chi connectivity index (χ0v) is 17.9. The molecule has 1 amide bonds. The number of aryl methyl sites for hydroxylation is 1. The van der Waals surface area contributed by atoms with Crippen LogP contribution in [0.25, 0.3) is 5.69 Å². The minimum absolute atomic E-state index is 0.187. The lowest BCUT2D eigenvalue weighted by molar-refractivity contribution is 0.0950. The highest BCUT2D eigenvalue weighted by molar-refractivity contribution is 9.10. The molecule has 0 unspecified atom stereocenters. The Morgan fingerprint density at radius 1 is 1.31 bits per heavy atom. The van der Waals surface area contributed by atoms with Crippen LogP contribution in [0.2, 0.25) is 0 Å². The number of imidazole rings is 1. The minimum atomic E-state index is -0.386. The Hall–Kier alpha value is -2.87. The highest BCUT2D eigenvalue weighted by Gasteiger charge is 2.16. The molecule has 0 aliphatic rings. The van der Waals surface area contributed by atoms with Crippen molar-refractivity contribution in [3.05, 3.63) is 70.0 Å². The number of ether oxygens (including phenoxy) is 2. The van der Waals surface area contributed by atoms with Gasteiger partial charge in [-0.05, 0) is 59.6 Å². The number of amides is 1. The smallest absolute Gasteiger partial charge is 0.251 e. The van der Waals surface area contributed by atoms with E-state index in [-0.39, 0.29) is 18.3 Å². The topological polar surface area (TPSA) is 65.4 Å². The van der Waals surface area contributed by atoms with E-state index in [0.29, 0.717) is 45.2 Å². The second kappa shape index (κ2) is 9.09. The Balaban J connectivity index is 1.73. The Kier molecular flexibility index (Phi) is 6.53. The largest absolute Gasteiger partial charge is 0.493 e. The molecule has 3 rings (SSSR count). The maximum atomic E-state index is 14.5. The maximum absolute atomic E-state index is 14.5. The number of hydrogen-bond acceptors (Lipinski definition) is 4. The van der Waals surface area contributed by atoms with Crippen LogP contribution in [0.1, 0.15) is 28.7 Å². The molecule has 152 valence electrons. The van der Waals surface area contributed by atoms with E-state index < -0.39 is 0 Å². The fraction of sp³-hybridized carbons (Fsp3) is 0.238. The normalized spacial score (nSPS) is 10.7. The van der Waals surface area contributed by atoms with Gasteiger partial charge in [0, 0.05) is 24.5 Å². The van der Waals surface area contributed by atoms with E-state index >= 15 is 0 Å². The van der Waals surface area contributed by atoms with Crippen LogP contribution < -0.4 is 14.8 Å². The SMILES string of the molecule is CCOc1c(Br)cc(C(=O)NCc2ccc(-n3ccnc3C)c(F)c2)cc1OC. The van der Waals surface area contributed by atoms with Crippen LogP contribution in [0, 0.1) is 12.7 Å². The predicted octanol–water partition coefficient (Wildman–Crippen LogP) is 4.42. The van der Waals surface area contributed by atoms with Gasteiger partial charge in [0.1, 0.15) is 11.6 Å². The molecular weight excluding hydrogens is 441 g/mol. The number of carbonyl (C=O) groups excluding carboxylic acids is 1. The average molecular weight is 462 g/mol. The number of aromatic nitrogens is 2. The first-order chi connectivity index (χ1) is 13.9. The van der Waals surface area contributed by atoms with E-state index in [9.17, 15) is 9.18 Å². The van der Waals surface area contributed by atoms with Gasteiger partial charge in [-0.25, -0.2) is 9.37 Å². The van der Waals surface area contributed by atoms with Crippen LogP contribution in [0.15, 0.2) is 47.2 Å². The first-order valence-electron chi connectivity index (χ1n) is 9.01. The molecule has 1 aromatic heterocycles. The van der Waals surface area contributed by atoms with E-state index in [2.05, 4.69) is 26.2 Å². The molecule has 0 radical (unpaired) electrons. The standard InChI is InChI=1S/C21H21BrFN3O3/c1-4-29-20-16(22)10-15(11-19(20)28-3)21(27)25-12-14-5-6-18(17(23)9-14)26-8-7-24-13(26)2/h5-11H,4,12H2,1-3H3,(H,25,27). The third-order valence-electron chi connectivity index (χ3n) is 4.33. The van der Waals surface area contributed by atoms with E-state index in [0.717, 1.165) is 0 Å². The number of rotatable bonds is 7. The Morgan fingerprint density at radius 2 is 2.10 bits per heavy atom. The summed E-state index contributed by atoms with van der Waals surface area (Å²) in [6.45, 7) is 4.33. The molecular formula is C21H21BrFN3O3. The number of halogens is 2. The van der Waals surface area contributed by atoms with Gasteiger partial charge < -0.3 is 19.4 Å². The molecule has 0 saturated carbocycles. The molecule has 29 heavy (non-hydrogen) atoms. The maximum Gasteiger partial charge on any atom is 0.251 e. The van der Waals surface area contributed by atoms with Gasteiger partial charge in [0.15, 0.2) is 11.5 Å². The summed E-state index contributed by atoms with van der Waals surface area (Å²) in [6, 6.07) is 8.11. The number of carbonyl (C=O) groups is 1. The van der Waals surface area contributed by atoms with Crippen LogP contribution in [-0.2, 0) is 6.54 Å². The molecule has 3 aromatic rings. The minimum Gasteiger partial charge on any atom is -0.493 e. The Morgan fingerprint density at radius 3 is 2.72 bits per heavy atom. The summed E-state index contributed by atoms with van der Waals surface area (Å²) >= 11 is 3.40. The lowest BCUT2D eigenvalue weighted by Gasteiger charge is -2.14. The van der Waals surface area contributed by atoms with E-state index in [1.165, 1.54) is 13.2 Å². The summed E-state index contributed by atoms with van der Waals surface area (Å²) in [5.74, 6) is 1.00. The van der Waals surface area contributed by atoms with Crippen molar-refractivity contribution in [1.29, 1.82) is 0 Å². The average Bonchev–Trinajstić information content (AvgIpc) is 3.13. The fourth-order valence-electron chi connectivity index (χ4n) is 2.91. The first-order valence-corrected chi connectivity index (χ1v) is 9.81. The van der Waals surface area contributed by atoms with Crippen molar-refractivity contribution >= 4 is 21.8 Å². The molecule has 0 spiro atoms. The molecule has 0 bridgehead atoms. The van der Waals surface area contributed by atoms with Crippen LogP contribution in [0.5, 0.6) is 11.5 Å². The summed E-state index contributed by atoms with van der Waals surface area (Å²) < 4.78 is 27.6. The van der Waals surface area contributed by atoms with Crippen molar-refractivity contribution in [1.82, 2.24) is 14.9 Å². The highest BCUT2D eigenvalue weighted by Crippen LogP contribution is 2.36. The first kappa shape index (κ1) is 20.9. The third-order valence-corrected chi connectivity index (χ3v) is 4.92. The van der Waals surface area contributed by atoms with Gasteiger partial charge in [0.25, 0.3) is 5.91 Å². The summed E-state index contributed by atoms with van der Waals surface area (Å²) in [5, 5.41) is 2.80. The fourth-order valence-corrected chi connectivity index (χ4v) is 3.46. The van der Waals surface area contributed by atoms with Crippen molar-refractivity contribution in [2.75, 3.05) is 13.7 Å². The third kappa shape index (κ3) is 4.59. The van der Waals surface area contributed by atoms with Gasteiger partial charge in [0.05, 0.1) is 23.9 Å². The molecule has 6 nitrogen and oxygen atoms in total. The van der Waals surface area contributed by atoms with Crippen molar-refractivity contribution in [3.8, 4) is 17.2 Å². The number of nitrogens with zero attached hydrogens (tertiary/aromatic N) is 2. The summed E-state index contributed by atoms with van der Waals surface area (Å²) in [5.41, 5.74) is 1.47. The molecule has 0 saturated heterocycles. The molecule has 2 aromatic carbocycles. The van der Waals surface area contributed by atoms with Gasteiger partial charge >= 0.3 is 0 Å². The Bertz CT molecular complexity index is 1040. The molecule has 1 heterocycles. The number of hydrogen-bond donors (Lipinski definition) is 1. The molecule has 8 heteroatoms. The van der Waals surface area contributed by atoms with Crippen LogP contribution in [0.3, 0.4) is 0 Å². The Labute approximate surface area is 176 Å². The quantitative estimate of drug-likeness (QED) is 0.565. The number of benzene rings is 2. The second-order valence-electron chi connectivity index (χ2n) is 6.24. The molecule has 0 fully saturated rings. The zero-order chi connectivity index (χ0) is 21.0. The van der Waals surface area contributed by atoms with Gasteiger partial charge in [-0.1, -0.05) is 6.07 Å². The lowest BCUT2D eigenvalue weighted by Crippen LogP contribution is -2.23. The molecule has 0 aliphatic carbocycles. The van der Waals surface area contributed by atoms with Crippen molar-refractivity contribution < 1.29 is 18.7 Å². The second-order valence-corrected chi connectivity index (χ2v) is 7.09. The van der Waals surface area contributed by atoms with Crippen LogP contribution >= 0.6 is 15.9 Å². The van der Waals surface area contributed by atoms with E-state index in [4.69, 9.17) is 9.47 Å². The van der Waals surface area contributed by atoms with Crippen molar-refractivity contribution in [3.63, 3.8) is 0 Å². The van der Waals surface area contributed by atoms with Crippen molar-refractivity contribution in [2.24, 2.45) is 0 Å². The molecule has 1 N–H and O–H groups in total. The summed E-state index contributed by atoms with van der Waals surface area (Å²) in [4.78, 5) is 16.7. The molecule has 0 atom stereocenters. The molecule has 0 aliphatic heterocycles. The van der Waals surface area contributed by atoms with Gasteiger partial charge in [-0.2, -0.15) is 0 Å². The highest BCUT2D eigenvalue weighted by atomic mass is 79.9.